The van der Waals surface area contributed by atoms with Crippen molar-refractivity contribution in [2.24, 2.45) is 23.0 Å². The first-order valence-electron chi connectivity index (χ1n) is 6.78. The number of fused-ring (bicyclic) bond motifs is 1. The molecule has 1 saturated carbocycles. The van der Waals surface area contributed by atoms with Crippen LogP contribution in [0.1, 0.15) is 29.8 Å². The molecule has 6 nitrogen and oxygen atoms in total. The first-order chi connectivity index (χ1) is 9.75. The van der Waals surface area contributed by atoms with E-state index in [4.69, 9.17) is 11.5 Å². The number of nitrogens with zero attached hydrogens (tertiary/aromatic N) is 1. The molecule has 3 amide bonds. The number of carbonyl (C=O) groups is 3. The zero-order chi connectivity index (χ0) is 15.5. The zero-order valence-corrected chi connectivity index (χ0v) is 11.9. The third-order valence-corrected chi connectivity index (χ3v) is 4.65. The fraction of sp³-hybridized carbons (Fsp3) is 0.400. The molecule has 2 atom stereocenters. The number of imide groups is 1. The number of nitrogen functional groups attached to an aromatic ring is 1. The fourth-order valence-corrected chi connectivity index (χ4v) is 3.22. The number of hydrogen-bond acceptors (Lipinski definition) is 4. The quantitative estimate of drug-likeness (QED) is 0.624. The maximum absolute atomic E-state index is 12.3. The lowest BCUT2D eigenvalue weighted by Crippen LogP contribution is -2.35. The van der Waals surface area contributed by atoms with Gasteiger partial charge in [-0.1, -0.05) is 19.9 Å². The molecule has 0 aromatic heterocycles. The third-order valence-electron chi connectivity index (χ3n) is 4.65. The summed E-state index contributed by atoms with van der Waals surface area (Å²) < 4.78 is 0. The summed E-state index contributed by atoms with van der Waals surface area (Å²) in [4.78, 5) is 36.8. The van der Waals surface area contributed by atoms with Crippen LogP contribution in [0.4, 0.5) is 5.69 Å². The Morgan fingerprint density at radius 3 is 2.29 bits per heavy atom. The minimum atomic E-state index is -0.565. The highest BCUT2D eigenvalue weighted by Crippen LogP contribution is 2.63. The number of hydrogen-bond donors (Lipinski definition) is 2. The molecule has 1 aromatic carbocycles. The predicted molar refractivity (Wildman–Crippen MR) is 75.7 cm³/mol. The van der Waals surface area contributed by atoms with Gasteiger partial charge in [0.25, 0.3) is 0 Å². The molecule has 4 N–H and O–H groups in total. The fourth-order valence-electron chi connectivity index (χ4n) is 3.22. The number of rotatable bonds is 3. The van der Waals surface area contributed by atoms with Gasteiger partial charge in [-0.3, -0.25) is 19.3 Å². The van der Waals surface area contributed by atoms with Gasteiger partial charge in [0, 0.05) is 11.3 Å². The van der Waals surface area contributed by atoms with E-state index in [1.165, 1.54) is 11.0 Å². The van der Waals surface area contributed by atoms with Crippen LogP contribution in [0.5, 0.6) is 0 Å². The molecule has 0 bridgehead atoms. The lowest BCUT2D eigenvalue weighted by Gasteiger charge is -2.21. The molecule has 110 valence electrons. The Kier molecular flexibility index (Phi) is 2.63. The highest BCUT2D eigenvalue weighted by Gasteiger charge is 2.72. The smallest absolute Gasteiger partial charge is 0.248 e. The summed E-state index contributed by atoms with van der Waals surface area (Å²) >= 11 is 0. The highest BCUT2D eigenvalue weighted by atomic mass is 16.2. The van der Waals surface area contributed by atoms with E-state index in [9.17, 15) is 14.4 Å². The summed E-state index contributed by atoms with van der Waals surface area (Å²) in [7, 11) is 0. The Hall–Kier alpha value is -2.37. The minimum Gasteiger partial charge on any atom is -0.398 e. The van der Waals surface area contributed by atoms with Crippen LogP contribution in [0.25, 0.3) is 0 Å². The molecule has 1 aliphatic heterocycles. The van der Waals surface area contributed by atoms with Crippen molar-refractivity contribution in [3.05, 3.63) is 29.3 Å². The summed E-state index contributed by atoms with van der Waals surface area (Å²) in [5.74, 6) is -1.22. The number of primary amides is 1. The van der Waals surface area contributed by atoms with Crippen LogP contribution in [0.15, 0.2) is 18.2 Å². The van der Waals surface area contributed by atoms with E-state index in [0.29, 0.717) is 16.8 Å². The normalized spacial score (nSPS) is 25.9. The van der Waals surface area contributed by atoms with Crippen LogP contribution in [-0.4, -0.2) is 22.6 Å². The number of anilines is 1. The number of carbonyl (C=O) groups excluding carboxylic acids is 3. The molecule has 2 fully saturated rings. The van der Waals surface area contributed by atoms with Crippen LogP contribution >= 0.6 is 0 Å². The van der Waals surface area contributed by atoms with Crippen molar-refractivity contribution in [2.45, 2.75) is 20.4 Å². The number of amides is 3. The Morgan fingerprint density at radius 1 is 1.24 bits per heavy atom. The Balaban J connectivity index is 1.81. The summed E-state index contributed by atoms with van der Waals surface area (Å²) in [6, 6.07) is 4.64. The van der Waals surface area contributed by atoms with Gasteiger partial charge in [0.05, 0.1) is 18.4 Å². The largest absolute Gasteiger partial charge is 0.398 e. The van der Waals surface area contributed by atoms with Gasteiger partial charge < -0.3 is 11.5 Å². The number of piperidine rings is 1. The second-order valence-corrected chi connectivity index (χ2v) is 6.32. The van der Waals surface area contributed by atoms with Crippen LogP contribution in [-0.2, 0) is 16.1 Å². The van der Waals surface area contributed by atoms with Crippen LogP contribution in [0.3, 0.4) is 0 Å². The molecule has 3 rings (SSSR count). The molecule has 0 spiro atoms. The maximum atomic E-state index is 12.3. The molecular formula is C15H17N3O3. The summed E-state index contributed by atoms with van der Waals surface area (Å²) in [6.07, 6.45) is 0. The van der Waals surface area contributed by atoms with Crippen molar-refractivity contribution >= 4 is 23.4 Å². The van der Waals surface area contributed by atoms with E-state index >= 15 is 0 Å². The van der Waals surface area contributed by atoms with Crippen molar-refractivity contribution in [1.82, 2.24) is 4.90 Å². The number of benzene rings is 1. The Bertz CT molecular complexity index is 657. The molecule has 2 aliphatic rings. The lowest BCUT2D eigenvalue weighted by atomic mass is 10.0. The summed E-state index contributed by atoms with van der Waals surface area (Å²) in [5, 5.41) is 0. The van der Waals surface area contributed by atoms with Gasteiger partial charge in [0.2, 0.25) is 17.7 Å². The monoisotopic (exact) mass is 287 g/mol. The van der Waals surface area contributed by atoms with Gasteiger partial charge >= 0.3 is 0 Å². The first-order valence-corrected chi connectivity index (χ1v) is 6.78. The molecule has 2 unspecified atom stereocenters. The van der Waals surface area contributed by atoms with Crippen molar-refractivity contribution in [3.8, 4) is 0 Å². The summed E-state index contributed by atoms with van der Waals surface area (Å²) in [5.41, 5.74) is 12.1. The maximum Gasteiger partial charge on any atom is 0.248 e. The summed E-state index contributed by atoms with van der Waals surface area (Å²) in [6.45, 7) is 4.02. The molecule has 1 saturated heterocycles. The minimum absolute atomic E-state index is 0.131. The van der Waals surface area contributed by atoms with Gasteiger partial charge in [-0.2, -0.15) is 0 Å². The number of likely N-dealkylation sites (tertiary alicyclic amines) is 1. The van der Waals surface area contributed by atoms with E-state index < -0.39 is 5.91 Å². The molecular weight excluding hydrogens is 270 g/mol. The lowest BCUT2D eigenvalue weighted by molar-refractivity contribution is -0.143. The average molecular weight is 287 g/mol. The molecule has 1 aromatic rings. The predicted octanol–water partition coefficient (Wildman–Crippen LogP) is 0.509. The van der Waals surface area contributed by atoms with Gasteiger partial charge in [-0.15, -0.1) is 0 Å². The zero-order valence-electron chi connectivity index (χ0n) is 11.9. The molecule has 21 heavy (non-hydrogen) atoms. The van der Waals surface area contributed by atoms with Gasteiger partial charge in [0.1, 0.15) is 0 Å². The van der Waals surface area contributed by atoms with E-state index in [-0.39, 0.29) is 35.6 Å². The third kappa shape index (κ3) is 1.82. The van der Waals surface area contributed by atoms with Crippen molar-refractivity contribution in [3.63, 3.8) is 0 Å². The topological polar surface area (TPSA) is 106 Å². The van der Waals surface area contributed by atoms with E-state index in [0.717, 1.165) is 0 Å². The van der Waals surface area contributed by atoms with E-state index in [1.54, 1.807) is 12.1 Å². The Labute approximate surface area is 122 Å². The van der Waals surface area contributed by atoms with E-state index in [2.05, 4.69) is 0 Å². The first kappa shape index (κ1) is 13.6. The van der Waals surface area contributed by atoms with Crippen molar-refractivity contribution in [1.29, 1.82) is 0 Å². The Morgan fingerprint density at radius 2 is 1.81 bits per heavy atom. The van der Waals surface area contributed by atoms with Gasteiger partial charge in [-0.25, -0.2) is 0 Å². The average Bonchev–Trinajstić information content (AvgIpc) is 2.87. The standard InChI is InChI=1S/C15H17N3O3/c1-15(2)10-11(15)14(21)18(13(10)20)6-8-4-3-7(12(17)19)5-9(8)16/h3-5,10-11H,6,16H2,1-2H3,(H2,17,19). The van der Waals surface area contributed by atoms with Crippen molar-refractivity contribution < 1.29 is 14.4 Å². The van der Waals surface area contributed by atoms with Crippen LogP contribution in [0.2, 0.25) is 0 Å². The second kappa shape index (κ2) is 4.07. The second-order valence-electron chi connectivity index (χ2n) is 6.32. The van der Waals surface area contributed by atoms with Gasteiger partial charge in [0.15, 0.2) is 0 Å². The van der Waals surface area contributed by atoms with Crippen LogP contribution < -0.4 is 11.5 Å². The SMILES string of the molecule is CC1(C)C2C(=O)N(Cc3ccc(C(N)=O)cc3N)C(=O)C21. The van der Waals surface area contributed by atoms with Gasteiger partial charge in [-0.05, 0) is 23.1 Å². The molecule has 1 aliphatic carbocycles. The molecule has 1 heterocycles. The van der Waals surface area contributed by atoms with E-state index in [1.807, 2.05) is 13.8 Å². The van der Waals surface area contributed by atoms with Crippen molar-refractivity contribution in [2.75, 3.05) is 5.73 Å². The highest BCUT2D eigenvalue weighted by molar-refractivity contribution is 6.10. The number of nitrogens with two attached hydrogens (primary N) is 2. The molecule has 0 radical (unpaired) electrons. The molecule has 6 heteroatoms. The van der Waals surface area contributed by atoms with Crippen LogP contribution in [0, 0.1) is 17.3 Å².